The number of nitrogens with zero attached hydrogens (tertiary/aromatic N) is 2. The Morgan fingerprint density at radius 3 is 2.43 bits per heavy atom. The Labute approximate surface area is 84.6 Å². The summed E-state index contributed by atoms with van der Waals surface area (Å²) in [7, 11) is 1.72. The Morgan fingerprint density at radius 2 is 2.07 bits per heavy atom. The third-order valence-electron chi connectivity index (χ3n) is 2.61. The molecule has 0 aromatic carbocycles. The lowest BCUT2D eigenvalue weighted by atomic mass is 9.99. The van der Waals surface area contributed by atoms with Gasteiger partial charge in [0.05, 0.1) is 6.42 Å². The van der Waals surface area contributed by atoms with Crippen molar-refractivity contribution in [3.05, 3.63) is 0 Å². The standard InChI is InChI=1S/C9H19N3O2/c1-5-9(2,3)12(4)8(13)6-7(10)11-14/h14H,5-6H2,1-4H3,(H2,10,11). The van der Waals surface area contributed by atoms with Gasteiger partial charge in [-0.2, -0.15) is 0 Å². The van der Waals surface area contributed by atoms with E-state index >= 15 is 0 Å². The van der Waals surface area contributed by atoms with Gasteiger partial charge in [-0.05, 0) is 20.3 Å². The molecule has 1 amide bonds. The summed E-state index contributed by atoms with van der Waals surface area (Å²) in [5.41, 5.74) is 5.05. The molecule has 0 rings (SSSR count). The van der Waals surface area contributed by atoms with Crippen LogP contribution < -0.4 is 5.73 Å². The van der Waals surface area contributed by atoms with E-state index in [4.69, 9.17) is 10.9 Å². The van der Waals surface area contributed by atoms with Crippen LogP contribution in [0.15, 0.2) is 5.16 Å². The van der Waals surface area contributed by atoms with Gasteiger partial charge in [-0.3, -0.25) is 4.79 Å². The molecule has 0 spiro atoms. The summed E-state index contributed by atoms with van der Waals surface area (Å²) in [6.45, 7) is 5.95. The lowest BCUT2D eigenvalue weighted by Crippen LogP contribution is -2.45. The smallest absolute Gasteiger partial charge is 0.230 e. The first-order chi connectivity index (χ1) is 6.35. The van der Waals surface area contributed by atoms with Gasteiger partial charge in [0.1, 0.15) is 5.84 Å². The first-order valence-corrected chi connectivity index (χ1v) is 4.58. The largest absolute Gasteiger partial charge is 0.409 e. The highest BCUT2D eigenvalue weighted by molar-refractivity contribution is 5.98. The van der Waals surface area contributed by atoms with Crippen molar-refractivity contribution in [3.8, 4) is 0 Å². The topological polar surface area (TPSA) is 78.9 Å². The number of carbonyl (C=O) groups excluding carboxylic acids is 1. The van der Waals surface area contributed by atoms with Crippen LogP contribution >= 0.6 is 0 Å². The van der Waals surface area contributed by atoms with Crippen LogP contribution in [-0.4, -0.2) is 34.4 Å². The highest BCUT2D eigenvalue weighted by Crippen LogP contribution is 2.16. The van der Waals surface area contributed by atoms with Gasteiger partial charge >= 0.3 is 0 Å². The van der Waals surface area contributed by atoms with E-state index in [2.05, 4.69) is 5.16 Å². The molecular formula is C9H19N3O2. The molecule has 14 heavy (non-hydrogen) atoms. The molecule has 0 aliphatic carbocycles. The predicted octanol–water partition coefficient (Wildman–Crippen LogP) is 0.770. The molecule has 5 heteroatoms. The van der Waals surface area contributed by atoms with Crippen LogP contribution in [0.3, 0.4) is 0 Å². The van der Waals surface area contributed by atoms with Crippen molar-refractivity contribution >= 4 is 11.7 Å². The van der Waals surface area contributed by atoms with Crippen LogP contribution in [0, 0.1) is 0 Å². The van der Waals surface area contributed by atoms with Crippen LogP contribution in [0.1, 0.15) is 33.6 Å². The maximum Gasteiger partial charge on any atom is 0.230 e. The Balaban J connectivity index is 4.41. The van der Waals surface area contributed by atoms with E-state index in [1.807, 2.05) is 20.8 Å². The molecule has 0 aliphatic heterocycles. The summed E-state index contributed by atoms with van der Waals surface area (Å²) in [5, 5.41) is 11.1. The average molecular weight is 201 g/mol. The zero-order chi connectivity index (χ0) is 11.4. The SMILES string of the molecule is CCC(C)(C)N(C)C(=O)CC(N)=NO. The molecule has 0 heterocycles. The van der Waals surface area contributed by atoms with Crippen molar-refractivity contribution < 1.29 is 10.0 Å². The van der Waals surface area contributed by atoms with Crippen molar-refractivity contribution in [2.45, 2.75) is 39.2 Å². The molecule has 0 fully saturated rings. The number of oxime groups is 1. The van der Waals surface area contributed by atoms with Crippen LogP contribution in [0.5, 0.6) is 0 Å². The Bertz CT molecular complexity index is 236. The summed E-state index contributed by atoms with van der Waals surface area (Å²) < 4.78 is 0. The zero-order valence-corrected chi connectivity index (χ0v) is 9.24. The fourth-order valence-corrected chi connectivity index (χ4v) is 0.884. The van der Waals surface area contributed by atoms with Crippen molar-refractivity contribution in [1.82, 2.24) is 4.90 Å². The summed E-state index contributed by atoms with van der Waals surface area (Å²) >= 11 is 0. The zero-order valence-electron chi connectivity index (χ0n) is 9.24. The van der Waals surface area contributed by atoms with Crippen molar-refractivity contribution in [3.63, 3.8) is 0 Å². The van der Waals surface area contributed by atoms with Crippen molar-refractivity contribution in [2.24, 2.45) is 10.9 Å². The molecule has 0 radical (unpaired) electrons. The minimum Gasteiger partial charge on any atom is -0.409 e. The number of carbonyl (C=O) groups is 1. The van der Waals surface area contributed by atoms with Gasteiger partial charge in [-0.15, -0.1) is 0 Å². The third-order valence-corrected chi connectivity index (χ3v) is 2.61. The van der Waals surface area contributed by atoms with Gasteiger partial charge in [0.25, 0.3) is 0 Å². The minimum atomic E-state index is -0.202. The van der Waals surface area contributed by atoms with Gasteiger partial charge < -0.3 is 15.8 Å². The quantitative estimate of drug-likeness (QED) is 0.305. The van der Waals surface area contributed by atoms with E-state index in [0.717, 1.165) is 6.42 Å². The number of amidine groups is 1. The minimum absolute atomic E-state index is 0.0452. The van der Waals surface area contributed by atoms with Crippen LogP contribution in [-0.2, 0) is 4.79 Å². The maximum atomic E-state index is 11.6. The first-order valence-electron chi connectivity index (χ1n) is 4.58. The van der Waals surface area contributed by atoms with Gasteiger partial charge in [-0.1, -0.05) is 12.1 Å². The molecule has 0 saturated carbocycles. The highest BCUT2D eigenvalue weighted by Gasteiger charge is 2.25. The van der Waals surface area contributed by atoms with Gasteiger partial charge in [0, 0.05) is 12.6 Å². The van der Waals surface area contributed by atoms with E-state index < -0.39 is 0 Å². The molecule has 5 nitrogen and oxygen atoms in total. The number of hydrogen-bond donors (Lipinski definition) is 2. The monoisotopic (exact) mass is 201 g/mol. The van der Waals surface area contributed by atoms with Crippen molar-refractivity contribution in [2.75, 3.05) is 7.05 Å². The second kappa shape index (κ2) is 4.83. The average Bonchev–Trinajstić information content (AvgIpc) is 2.16. The number of amides is 1. The molecule has 0 saturated heterocycles. The number of hydrogen-bond acceptors (Lipinski definition) is 3. The normalized spacial score (nSPS) is 12.7. The first kappa shape index (κ1) is 12.7. The number of nitrogens with two attached hydrogens (primary N) is 1. The molecule has 0 bridgehead atoms. The summed E-state index contributed by atoms with van der Waals surface area (Å²) in [6, 6.07) is 0. The lowest BCUT2D eigenvalue weighted by molar-refractivity contribution is -0.133. The molecule has 82 valence electrons. The van der Waals surface area contributed by atoms with Crippen molar-refractivity contribution in [1.29, 1.82) is 0 Å². The molecule has 3 N–H and O–H groups in total. The van der Waals surface area contributed by atoms with E-state index in [1.54, 1.807) is 11.9 Å². The van der Waals surface area contributed by atoms with E-state index in [0.29, 0.717) is 0 Å². The molecule has 0 atom stereocenters. The Morgan fingerprint density at radius 1 is 1.57 bits per heavy atom. The molecular weight excluding hydrogens is 182 g/mol. The van der Waals surface area contributed by atoms with E-state index in [-0.39, 0.29) is 23.7 Å². The molecule has 0 aromatic heterocycles. The Hall–Kier alpha value is -1.26. The van der Waals surface area contributed by atoms with Crippen LogP contribution in [0.4, 0.5) is 0 Å². The van der Waals surface area contributed by atoms with Gasteiger partial charge in [0.15, 0.2) is 0 Å². The molecule has 0 aliphatic rings. The van der Waals surface area contributed by atoms with Gasteiger partial charge in [-0.25, -0.2) is 0 Å². The van der Waals surface area contributed by atoms with E-state index in [1.165, 1.54) is 0 Å². The van der Waals surface area contributed by atoms with Crippen LogP contribution in [0.2, 0.25) is 0 Å². The second-order valence-electron chi connectivity index (χ2n) is 3.89. The van der Waals surface area contributed by atoms with Gasteiger partial charge in [0.2, 0.25) is 5.91 Å². The summed E-state index contributed by atoms with van der Waals surface area (Å²) in [4.78, 5) is 13.2. The Kier molecular flexibility index (Phi) is 4.40. The summed E-state index contributed by atoms with van der Waals surface area (Å²) in [5.74, 6) is -0.207. The molecule has 0 aromatic rings. The van der Waals surface area contributed by atoms with Crippen LogP contribution in [0.25, 0.3) is 0 Å². The number of rotatable bonds is 4. The van der Waals surface area contributed by atoms with E-state index in [9.17, 15) is 4.79 Å². The second-order valence-corrected chi connectivity index (χ2v) is 3.89. The third kappa shape index (κ3) is 3.24. The molecule has 0 unspecified atom stereocenters. The summed E-state index contributed by atoms with van der Waals surface area (Å²) in [6.07, 6.45) is 0.807. The fraction of sp³-hybridized carbons (Fsp3) is 0.778. The maximum absolute atomic E-state index is 11.6. The fourth-order valence-electron chi connectivity index (χ4n) is 0.884. The lowest BCUT2D eigenvalue weighted by Gasteiger charge is -2.34. The highest BCUT2D eigenvalue weighted by atomic mass is 16.4. The predicted molar refractivity (Wildman–Crippen MR) is 55.2 cm³/mol.